The van der Waals surface area contributed by atoms with Gasteiger partial charge < -0.3 is 5.73 Å². The molecule has 0 spiro atoms. The van der Waals surface area contributed by atoms with Crippen molar-refractivity contribution < 1.29 is 4.79 Å². The van der Waals surface area contributed by atoms with E-state index in [0.717, 1.165) is 16.9 Å². The normalized spacial score (nSPS) is 11.5. The van der Waals surface area contributed by atoms with Gasteiger partial charge in [-0.3, -0.25) is 9.69 Å². The highest BCUT2D eigenvalue weighted by Crippen LogP contribution is 2.24. The average molecular weight is 341 g/mol. The van der Waals surface area contributed by atoms with Gasteiger partial charge in [0.25, 0.3) is 5.91 Å². The Balaban J connectivity index is 1.87. The zero-order valence-electron chi connectivity index (χ0n) is 14.2. The van der Waals surface area contributed by atoms with Gasteiger partial charge >= 0.3 is 0 Å². The molecule has 3 aromatic carbocycles. The number of benzene rings is 3. The van der Waals surface area contributed by atoms with Gasteiger partial charge in [-0.1, -0.05) is 66.7 Å². The van der Waals surface area contributed by atoms with Crippen LogP contribution in [0.4, 0.5) is 11.4 Å². The van der Waals surface area contributed by atoms with Crippen molar-refractivity contribution in [3.63, 3.8) is 0 Å². The molecule has 0 atom stereocenters. The molecule has 0 aliphatic rings. The first kappa shape index (κ1) is 17.2. The average Bonchev–Trinajstić information content (AvgIpc) is 2.69. The topological polar surface area (TPSA) is 58.7 Å². The number of hydrogen-bond donors (Lipinski definition) is 1. The number of hydrogen-bond acceptors (Lipinski definition) is 1. The summed E-state index contributed by atoms with van der Waals surface area (Å²) in [7, 11) is 0. The van der Waals surface area contributed by atoms with Gasteiger partial charge in [-0.25, -0.2) is 0 Å². The molecule has 0 fully saturated rings. The number of rotatable bonds is 4. The molecule has 2 N–H and O–H groups in total. The summed E-state index contributed by atoms with van der Waals surface area (Å²) in [4.78, 5) is 18.0. The summed E-state index contributed by atoms with van der Waals surface area (Å²) in [5.74, 6) is -0.298. The van der Waals surface area contributed by atoms with Crippen molar-refractivity contribution >= 4 is 29.3 Å². The van der Waals surface area contributed by atoms with Gasteiger partial charge in [0.15, 0.2) is 0 Å². The Labute approximate surface area is 152 Å². The molecular weight excluding hydrogens is 322 g/mol. The number of guanidine groups is 1. The fourth-order valence-electron chi connectivity index (χ4n) is 2.50. The van der Waals surface area contributed by atoms with Crippen molar-refractivity contribution in [2.75, 3.05) is 4.90 Å². The van der Waals surface area contributed by atoms with E-state index >= 15 is 0 Å². The Morgan fingerprint density at radius 3 is 1.73 bits per heavy atom. The van der Waals surface area contributed by atoms with Gasteiger partial charge in [0.1, 0.15) is 0 Å². The second-order valence-electron chi connectivity index (χ2n) is 5.56. The van der Waals surface area contributed by atoms with Crippen LogP contribution in [-0.2, 0) is 4.79 Å². The van der Waals surface area contributed by atoms with E-state index in [9.17, 15) is 4.79 Å². The molecule has 26 heavy (non-hydrogen) atoms. The van der Waals surface area contributed by atoms with Crippen molar-refractivity contribution in [3.8, 4) is 0 Å². The minimum atomic E-state index is -0.414. The standard InChI is InChI=1S/C22H19N3O/c23-22(24-21(26)17-16-18-10-4-1-5-11-18)25(19-12-6-2-7-13-19)20-14-8-3-9-15-20/h1-17H,(H2,23,24,26)/b17-16+. The van der Waals surface area contributed by atoms with Crippen LogP contribution in [0.3, 0.4) is 0 Å². The van der Waals surface area contributed by atoms with Gasteiger partial charge in [0.05, 0.1) is 0 Å². The van der Waals surface area contributed by atoms with Crippen molar-refractivity contribution in [2.24, 2.45) is 10.7 Å². The van der Waals surface area contributed by atoms with Crippen molar-refractivity contribution in [1.29, 1.82) is 0 Å². The molecule has 0 saturated carbocycles. The molecule has 0 aliphatic heterocycles. The van der Waals surface area contributed by atoms with Crippen LogP contribution in [0.2, 0.25) is 0 Å². The lowest BCUT2D eigenvalue weighted by molar-refractivity contribution is -0.113. The monoisotopic (exact) mass is 341 g/mol. The highest BCUT2D eigenvalue weighted by molar-refractivity contribution is 6.09. The van der Waals surface area contributed by atoms with E-state index in [1.54, 1.807) is 11.0 Å². The van der Waals surface area contributed by atoms with E-state index in [1.807, 2.05) is 91.0 Å². The van der Waals surface area contributed by atoms with Crippen LogP contribution in [0.1, 0.15) is 5.56 Å². The second kappa shape index (κ2) is 8.44. The lowest BCUT2D eigenvalue weighted by atomic mass is 10.2. The van der Waals surface area contributed by atoms with Crippen LogP contribution >= 0.6 is 0 Å². The zero-order chi connectivity index (χ0) is 18.2. The quantitative estimate of drug-likeness (QED) is 0.435. The minimum absolute atomic E-state index is 0.116. The number of carbonyl (C=O) groups excluding carboxylic acids is 1. The fraction of sp³-hybridized carbons (Fsp3) is 0. The number of aliphatic imine (C=N–C) groups is 1. The molecule has 4 heteroatoms. The summed E-state index contributed by atoms with van der Waals surface area (Å²) in [5.41, 5.74) is 8.77. The minimum Gasteiger partial charge on any atom is -0.369 e. The van der Waals surface area contributed by atoms with Gasteiger partial charge in [-0.15, -0.1) is 0 Å². The van der Waals surface area contributed by atoms with Gasteiger partial charge in [-0.05, 0) is 35.9 Å². The summed E-state index contributed by atoms with van der Waals surface area (Å²) in [6.45, 7) is 0. The van der Waals surface area contributed by atoms with Crippen molar-refractivity contribution in [2.45, 2.75) is 0 Å². The fourth-order valence-corrected chi connectivity index (χ4v) is 2.50. The predicted molar refractivity (Wildman–Crippen MR) is 107 cm³/mol. The van der Waals surface area contributed by atoms with Crippen molar-refractivity contribution in [1.82, 2.24) is 0 Å². The van der Waals surface area contributed by atoms with Gasteiger partial charge in [0.2, 0.25) is 5.96 Å². The third kappa shape index (κ3) is 4.45. The van der Waals surface area contributed by atoms with E-state index in [0.29, 0.717) is 0 Å². The van der Waals surface area contributed by atoms with E-state index in [1.165, 1.54) is 6.08 Å². The number of para-hydroxylation sites is 2. The summed E-state index contributed by atoms with van der Waals surface area (Å²) in [6, 6.07) is 28.7. The maximum absolute atomic E-state index is 12.2. The molecular formula is C22H19N3O. The first-order valence-corrected chi connectivity index (χ1v) is 8.25. The van der Waals surface area contributed by atoms with E-state index in [-0.39, 0.29) is 5.96 Å². The van der Waals surface area contributed by atoms with E-state index < -0.39 is 5.91 Å². The molecule has 0 radical (unpaired) electrons. The van der Waals surface area contributed by atoms with Crippen molar-refractivity contribution in [3.05, 3.63) is 103 Å². The highest BCUT2D eigenvalue weighted by Gasteiger charge is 2.13. The Hall–Kier alpha value is -3.66. The predicted octanol–water partition coefficient (Wildman–Crippen LogP) is 4.38. The van der Waals surface area contributed by atoms with E-state index in [2.05, 4.69) is 4.99 Å². The first-order valence-electron chi connectivity index (χ1n) is 8.25. The molecule has 3 aromatic rings. The molecule has 4 nitrogen and oxygen atoms in total. The molecule has 0 aromatic heterocycles. The third-order valence-corrected chi connectivity index (χ3v) is 3.70. The zero-order valence-corrected chi connectivity index (χ0v) is 14.2. The SMILES string of the molecule is N/C(=N/C(=O)/C=C/c1ccccc1)N(c1ccccc1)c1ccccc1. The number of nitrogens with two attached hydrogens (primary N) is 1. The Bertz CT molecular complexity index is 864. The number of anilines is 2. The third-order valence-electron chi connectivity index (χ3n) is 3.70. The number of nitrogens with zero attached hydrogens (tertiary/aromatic N) is 2. The molecule has 0 saturated heterocycles. The molecule has 0 aliphatic carbocycles. The van der Waals surface area contributed by atoms with Crippen LogP contribution in [0, 0.1) is 0 Å². The number of amides is 1. The summed E-state index contributed by atoms with van der Waals surface area (Å²) in [6.07, 6.45) is 3.13. The van der Waals surface area contributed by atoms with Crippen LogP contribution in [0.25, 0.3) is 6.08 Å². The molecule has 128 valence electrons. The van der Waals surface area contributed by atoms with Crippen LogP contribution in [-0.4, -0.2) is 11.9 Å². The molecule has 0 bridgehead atoms. The van der Waals surface area contributed by atoms with Gasteiger partial charge in [0, 0.05) is 17.5 Å². The summed E-state index contributed by atoms with van der Waals surface area (Å²) < 4.78 is 0. The highest BCUT2D eigenvalue weighted by atomic mass is 16.1. The largest absolute Gasteiger partial charge is 0.369 e. The van der Waals surface area contributed by atoms with Crippen LogP contribution < -0.4 is 10.6 Å². The van der Waals surface area contributed by atoms with E-state index in [4.69, 9.17) is 5.73 Å². The molecule has 0 unspecified atom stereocenters. The maximum atomic E-state index is 12.2. The van der Waals surface area contributed by atoms with Crippen LogP contribution in [0.5, 0.6) is 0 Å². The lowest BCUT2D eigenvalue weighted by Crippen LogP contribution is -2.34. The van der Waals surface area contributed by atoms with Crippen LogP contribution in [0.15, 0.2) is 102 Å². The molecule has 0 heterocycles. The Morgan fingerprint density at radius 1 is 0.769 bits per heavy atom. The Kier molecular flexibility index (Phi) is 5.58. The summed E-state index contributed by atoms with van der Waals surface area (Å²) >= 11 is 0. The first-order chi connectivity index (χ1) is 12.7. The Morgan fingerprint density at radius 2 is 1.23 bits per heavy atom. The number of carbonyl (C=O) groups is 1. The maximum Gasteiger partial charge on any atom is 0.272 e. The van der Waals surface area contributed by atoms with Gasteiger partial charge in [-0.2, -0.15) is 4.99 Å². The lowest BCUT2D eigenvalue weighted by Gasteiger charge is -2.23. The second-order valence-corrected chi connectivity index (χ2v) is 5.56. The summed E-state index contributed by atoms with van der Waals surface area (Å²) in [5, 5.41) is 0. The molecule has 1 amide bonds. The smallest absolute Gasteiger partial charge is 0.272 e. The molecule has 3 rings (SSSR count).